The quantitative estimate of drug-likeness (QED) is 0.249. The molecular weight excluding hydrogens is 542 g/mol. The highest BCUT2D eigenvalue weighted by atomic mass is 16.6. The normalized spacial score (nSPS) is 18.8. The van der Waals surface area contributed by atoms with Crippen LogP contribution in [0.15, 0.2) is 53.3 Å². The van der Waals surface area contributed by atoms with E-state index in [0.29, 0.717) is 29.5 Å². The molecule has 1 aromatic heterocycles. The number of hydrogen-bond acceptors (Lipinski definition) is 9. The molecule has 0 N–H and O–H groups in total. The minimum atomic E-state index is -0.638. The van der Waals surface area contributed by atoms with Crippen LogP contribution in [-0.4, -0.2) is 59.8 Å². The highest BCUT2D eigenvalue weighted by Gasteiger charge is 2.46. The van der Waals surface area contributed by atoms with Crippen molar-refractivity contribution in [3.63, 3.8) is 0 Å². The number of allylic oxidation sites excluding steroid dienone is 1. The van der Waals surface area contributed by atoms with Crippen LogP contribution in [0.3, 0.4) is 0 Å². The van der Waals surface area contributed by atoms with Crippen LogP contribution in [0.4, 0.5) is 5.69 Å². The molecule has 1 aliphatic carbocycles. The first-order valence-corrected chi connectivity index (χ1v) is 13.6. The molecule has 2 aliphatic rings. The maximum absolute atomic E-state index is 14.1. The van der Waals surface area contributed by atoms with Crippen molar-refractivity contribution in [2.45, 2.75) is 38.8 Å². The van der Waals surface area contributed by atoms with Crippen molar-refractivity contribution in [3.05, 3.63) is 75.1 Å². The van der Waals surface area contributed by atoms with Gasteiger partial charge in [0, 0.05) is 12.5 Å². The summed E-state index contributed by atoms with van der Waals surface area (Å²) in [4.78, 5) is 25.3. The van der Waals surface area contributed by atoms with Crippen LogP contribution in [-0.2, 0) is 6.54 Å². The molecule has 12 heteroatoms. The summed E-state index contributed by atoms with van der Waals surface area (Å²) in [6.45, 7) is 2.18. The molecule has 0 spiro atoms. The number of carbonyl (C=O) groups excluding carboxylic acids is 1. The maximum Gasteiger partial charge on any atom is 0.320 e. The summed E-state index contributed by atoms with van der Waals surface area (Å²) in [5.74, 6) is 1.49. The highest BCUT2D eigenvalue weighted by Crippen LogP contribution is 2.47. The molecule has 1 aliphatic heterocycles. The summed E-state index contributed by atoms with van der Waals surface area (Å²) in [6, 6.07) is 10.6. The summed E-state index contributed by atoms with van der Waals surface area (Å²) in [6.07, 6.45) is 5.72. The fourth-order valence-electron chi connectivity index (χ4n) is 5.65. The van der Waals surface area contributed by atoms with Gasteiger partial charge in [-0.1, -0.05) is 12.1 Å². The van der Waals surface area contributed by atoms with E-state index < -0.39 is 16.9 Å². The zero-order valence-corrected chi connectivity index (χ0v) is 24.2. The number of nitrogens with zero attached hydrogens (tertiary/aromatic N) is 5. The van der Waals surface area contributed by atoms with Gasteiger partial charge in [-0.25, -0.2) is 5.01 Å². The molecule has 1 saturated carbocycles. The van der Waals surface area contributed by atoms with Crippen molar-refractivity contribution < 1.29 is 28.7 Å². The minimum absolute atomic E-state index is 0.153. The average Bonchev–Trinajstić information content (AvgIpc) is 3.63. The first-order valence-electron chi connectivity index (χ1n) is 13.6. The lowest BCUT2D eigenvalue weighted by Gasteiger charge is -2.29. The lowest BCUT2D eigenvalue weighted by Crippen LogP contribution is -2.32. The van der Waals surface area contributed by atoms with E-state index in [2.05, 4.69) is 5.10 Å². The van der Waals surface area contributed by atoms with Crippen LogP contribution in [0, 0.1) is 16.0 Å². The van der Waals surface area contributed by atoms with Gasteiger partial charge in [-0.3, -0.25) is 19.6 Å². The number of aryl methyl sites for hydroxylation is 1. The summed E-state index contributed by atoms with van der Waals surface area (Å²) in [5, 5.41) is 22.3. The van der Waals surface area contributed by atoms with Gasteiger partial charge < -0.3 is 18.9 Å². The Balaban J connectivity index is 1.63. The van der Waals surface area contributed by atoms with E-state index in [9.17, 15) is 14.9 Å². The predicted octanol–water partition coefficient (Wildman–Crippen LogP) is 5.28. The lowest BCUT2D eigenvalue weighted by atomic mass is 9.77. The van der Waals surface area contributed by atoms with Crippen LogP contribution in [0.2, 0.25) is 0 Å². The first-order chi connectivity index (χ1) is 20.3. The summed E-state index contributed by atoms with van der Waals surface area (Å²) in [5.41, 5.74) is 2.81. The third kappa shape index (κ3) is 5.15. The fourth-order valence-corrected chi connectivity index (χ4v) is 5.65. The number of aromatic nitrogens is 2. The molecule has 0 radical (unpaired) electrons. The van der Waals surface area contributed by atoms with Crippen molar-refractivity contribution in [2.75, 3.05) is 28.4 Å². The Kier molecular flexibility index (Phi) is 8.14. The zero-order valence-electron chi connectivity index (χ0n) is 24.2. The van der Waals surface area contributed by atoms with Gasteiger partial charge in [0.15, 0.2) is 23.0 Å². The van der Waals surface area contributed by atoms with Crippen LogP contribution in [0.25, 0.3) is 6.08 Å². The molecule has 0 unspecified atom stereocenters. The van der Waals surface area contributed by atoms with Gasteiger partial charge in [0.2, 0.25) is 5.69 Å². The van der Waals surface area contributed by atoms with Gasteiger partial charge in [-0.2, -0.15) is 10.2 Å². The van der Waals surface area contributed by atoms with Crippen molar-refractivity contribution in [1.29, 1.82) is 0 Å². The Hall–Kier alpha value is -4.87. The Labute approximate surface area is 243 Å². The highest BCUT2D eigenvalue weighted by molar-refractivity contribution is 6.09. The maximum atomic E-state index is 14.1. The molecule has 3 aromatic rings. The number of methoxy groups -OCH3 is 4. The largest absolute Gasteiger partial charge is 0.493 e. The van der Waals surface area contributed by atoms with E-state index in [0.717, 1.165) is 41.7 Å². The van der Waals surface area contributed by atoms with Crippen molar-refractivity contribution >= 4 is 23.4 Å². The fraction of sp³-hybridized carbons (Fsp3) is 0.367. The first kappa shape index (κ1) is 28.7. The van der Waals surface area contributed by atoms with Crippen LogP contribution in [0.5, 0.6) is 23.0 Å². The molecule has 2 atom stereocenters. The van der Waals surface area contributed by atoms with E-state index in [-0.39, 0.29) is 17.3 Å². The SMILES string of the molecule is CCn1cc([N+](=O)[O-])c(C(=O)N2N=C3/C(=C\c4ccc(OC)c(OC)c4)CCC[C@@H]3[C@H]2c2ccc(OC)c(OC)c2)n1. The second-order valence-corrected chi connectivity index (χ2v) is 9.95. The third-order valence-electron chi connectivity index (χ3n) is 7.67. The number of ether oxygens (including phenoxy) is 4. The predicted molar refractivity (Wildman–Crippen MR) is 155 cm³/mol. The lowest BCUT2D eigenvalue weighted by molar-refractivity contribution is -0.385. The molecular formula is C30H33N5O7. The number of fused-ring (bicyclic) bond motifs is 1. The van der Waals surface area contributed by atoms with E-state index >= 15 is 0 Å². The third-order valence-corrected chi connectivity index (χ3v) is 7.67. The Morgan fingerprint density at radius 2 is 1.69 bits per heavy atom. The molecule has 12 nitrogen and oxygen atoms in total. The summed E-state index contributed by atoms with van der Waals surface area (Å²) >= 11 is 0. The number of hydrazone groups is 1. The Bertz CT molecular complexity index is 1580. The van der Waals surface area contributed by atoms with Crippen molar-refractivity contribution in [3.8, 4) is 23.0 Å². The second kappa shape index (κ2) is 11.9. The summed E-state index contributed by atoms with van der Waals surface area (Å²) in [7, 11) is 6.28. The Morgan fingerprint density at radius 3 is 2.33 bits per heavy atom. The Morgan fingerprint density at radius 1 is 1.02 bits per heavy atom. The molecule has 1 fully saturated rings. The molecule has 220 valence electrons. The van der Waals surface area contributed by atoms with E-state index in [4.69, 9.17) is 24.0 Å². The van der Waals surface area contributed by atoms with Crippen LogP contribution >= 0.6 is 0 Å². The standard InChI is InChI=1S/C30H33N5O7/c1-6-33-17-22(35(37)38)28(31-33)30(36)34-29(20-11-13-24(40-3)26(16-20)42-5)21-9-7-8-19(27(21)32-34)14-18-10-12-23(39-2)25(15-18)41-4/h10-17,21,29H,6-9H2,1-5H3/b19-14-/t21-,29+/m0/s1. The molecule has 0 bridgehead atoms. The monoisotopic (exact) mass is 575 g/mol. The van der Waals surface area contributed by atoms with Gasteiger partial charge in [0.05, 0.1) is 45.1 Å². The number of rotatable bonds is 9. The molecule has 2 aromatic carbocycles. The molecule has 0 saturated heterocycles. The van der Waals surface area contributed by atoms with Gasteiger partial charge in [-0.05, 0) is 73.2 Å². The average molecular weight is 576 g/mol. The van der Waals surface area contributed by atoms with Crippen molar-refractivity contribution in [1.82, 2.24) is 14.8 Å². The van der Waals surface area contributed by atoms with Crippen LogP contribution < -0.4 is 18.9 Å². The number of amides is 1. The molecule has 5 rings (SSSR count). The van der Waals surface area contributed by atoms with Crippen molar-refractivity contribution in [2.24, 2.45) is 11.0 Å². The molecule has 1 amide bonds. The van der Waals surface area contributed by atoms with E-state index in [1.54, 1.807) is 41.4 Å². The van der Waals surface area contributed by atoms with Gasteiger partial charge in [-0.15, -0.1) is 0 Å². The van der Waals surface area contributed by atoms with E-state index in [1.807, 2.05) is 36.4 Å². The minimum Gasteiger partial charge on any atom is -0.493 e. The molecule has 42 heavy (non-hydrogen) atoms. The molecule has 2 heterocycles. The van der Waals surface area contributed by atoms with Gasteiger partial charge >= 0.3 is 11.6 Å². The van der Waals surface area contributed by atoms with E-state index in [1.165, 1.54) is 15.9 Å². The number of carbonyl (C=O) groups is 1. The van der Waals surface area contributed by atoms with Gasteiger partial charge in [0.25, 0.3) is 0 Å². The smallest absolute Gasteiger partial charge is 0.320 e. The second-order valence-electron chi connectivity index (χ2n) is 9.95. The van der Waals surface area contributed by atoms with Crippen LogP contribution in [0.1, 0.15) is 53.8 Å². The number of benzene rings is 2. The van der Waals surface area contributed by atoms with Gasteiger partial charge in [0.1, 0.15) is 6.20 Å². The number of nitro groups is 1. The zero-order chi connectivity index (χ0) is 30.0. The summed E-state index contributed by atoms with van der Waals surface area (Å²) < 4.78 is 23.2. The topological polar surface area (TPSA) is 131 Å². The number of hydrogen-bond donors (Lipinski definition) is 0.